The Balaban J connectivity index is 2.36. The zero-order chi connectivity index (χ0) is 12.4. The molecule has 2 aromatic rings. The molecule has 3 heteroatoms. The van der Waals surface area contributed by atoms with Crippen molar-refractivity contribution in [2.45, 2.75) is 19.8 Å². The minimum Gasteiger partial charge on any atom is -0.495 e. The van der Waals surface area contributed by atoms with Gasteiger partial charge in [0.15, 0.2) is 0 Å². The molecule has 1 nitrogen and oxygen atoms in total. The molecular formula is C14H15ClOS. The van der Waals surface area contributed by atoms with Gasteiger partial charge in [0.05, 0.1) is 12.1 Å². The summed E-state index contributed by atoms with van der Waals surface area (Å²) in [6.45, 7) is 4.41. The molecule has 0 unspecified atom stereocenters. The van der Waals surface area contributed by atoms with Crippen molar-refractivity contribution in [2.75, 3.05) is 7.11 Å². The van der Waals surface area contributed by atoms with E-state index in [4.69, 9.17) is 16.3 Å². The van der Waals surface area contributed by atoms with Crippen LogP contribution in [0.2, 0.25) is 5.02 Å². The third-order valence-electron chi connectivity index (χ3n) is 2.63. The van der Waals surface area contributed by atoms with Crippen molar-refractivity contribution in [1.82, 2.24) is 0 Å². The number of benzene rings is 1. The smallest absolute Gasteiger partial charge is 0.137 e. The summed E-state index contributed by atoms with van der Waals surface area (Å²) in [4.78, 5) is 2.64. The van der Waals surface area contributed by atoms with Gasteiger partial charge in [0.25, 0.3) is 0 Å². The normalized spacial score (nSPS) is 10.9. The molecule has 0 aliphatic carbocycles. The minimum absolute atomic E-state index is 0.572. The standard InChI is InChI=1S/C14H15ClOS/c1-9(2)13-6-7-14(17-13)10-4-5-12(16-3)11(15)8-10/h4-9H,1-3H3. The Bertz CT molecular complexity index is 517. The van der Waals surface area contributed by atoms with Crippen LogP contribution < -0.4 is 4.74 Å². The quantitative estimate of drug-likeness (QED) is 0.742. The first kappa shape index (κ1) is 12.5. The van der Waals surface area contributed by atoms with Crippen molar-refractivity contribution in [3.05, 3.63) is 40.2 Å². The maximum atomic E-state index is 6.13. The molecule has 0 spiro atoms. The van der Waals surface area contributed by atoms with E-state index in [0.717, 1.165) is 11.3 Å². The molecule has 0 amide bonds. The fraction of sp³-hybridized carbons (Fsp3) is 0.286. The molecule has 0 saturated carbocycles. The molecule has 1 heterocycles. The van der Waals surface area contributed by atoms with Crippen LogP contribution in [0.4, 0.5) is 0 Å². The summed E-state index contributed by atoms with van der Waals surface area (Å²) in [7, 11) is 1.63. The third-order valence-corrected chi connectivity index (χ3v) is 4.36. The third kappa shape index (κ3) is 2.64. The van der Waals surface area contributed by atoms with Gasteiger partial charge in [0.1, 0.15) is 5.75 Å². The number of thiophene rings is 1. The van der Waals surface area contributed by atoms with Crippen molar-refractivity contribution in [1.29, 1.82) is 0 Å². The van der Waals surface area contributed by atoms with Crippen LogP contribution in [0, 0.1) is 0 Å². The molecule has 0 aliphatic rings. The number of hydrogen-bond donors (Lipinski definition) is 0. The van der Waals surface area contributed by atoms with Crippen LogP contribution in [-0.2, 0) is 0 Å². The second-order valence-electron chi connectivity index (χ2n) is 4.21. The summed E-state index contributed by atoms with van der Waals surface area (Å²) < 4.78 is 5.15. The van der Waals surface area contributed by atoms with Crippen LogP contribution in [-0.4, -0.2) is 7.11 Å². The van der Waals surface area contributed by atoms with E-state index in [9.17, 15) is 0 Å². The van der Waals surface area contributed by atoms with E-state index in [2.05, 4.69) is 26.0 Å². The summed E-state index contributed by atoms with van der Waals surface area (Å²) in [5.41, 5.74) is 1.15. The van der Waals surface area contributed by atoms with E-state index in [1.807, 2.05) is 29.5 Å². The van der Waals surface area contributed by atoms with E-state index in [1.54, 1.807) is 7.11 Å². The van der Waals surface area contributed by atoms with Crippen LogP contribution in [0.15, 0.2) is 30.3 Å². The molecule has 0 saturated heterocycles. The van der Waals surface area contributed by atoms with Crippen LogP contribution in [0.3, 0.4) is 0 Å². The van der Waals surface area contributed by atoms with Gasteiger partial charge < -0.3 is 4.74 Å². The summed E-state index contributed by atoms with van der Waals surface area (Å²) >= 11 is 7.95. The van der Waals surface area contributed by atoms with Crippen molar-refractivity contribution < 1.29 is 4.74 Å². The fourth-order valence-corrected chi connectivity index (χ4v) is 2.90. The number of ether oxygens (including phenoxy) is 1. The summed E-state index contributed by atoms with van der Waals surface area (Å²) in [6.07, 6.45) is 0. The van der Waals surface area contributed by atoms with Gasteiger partial charge in [-0.15, -0.1) is 11.3 Å². The summed E-state index contributed by atoms with van der Waals surface area (Å²) in [5.74, 6) is 1.29. The number of hydrogen-bond acceptors (Lipinski definition) is 2. The van der Waals surface area contributed by atoms with E-state index >= 15 is 0 Å². The van der Waals surface area contributed by atoms with Gasteiger partial charge >= 0.3 is 0 Å². The lowest BCUT2D eigenvalue weighted by Gasteiger charge is -2.04. The first-order valence-electron chi connectivity index (χ1n) is 5.55. The van der Waals surface area contributed by atoms with Gasteiger partial charge in [-0.3, -0.25) is 0 Å². The van der Waals surface area contributed by atoms with Gasteiger partial charge in [-0.25, -0.2) is 0 Å². The molecule has 0 aliphatic heterocycles. The summed E-state index contributed by atoms with van der Waals surface area (Å²) in [6, 6.07) is 10.2. The van der Waals surface area contributed by atoms with Gasteiger partial charge in [0.2, 0.25) is 0 Å². The minimum atomic E-state index is 0.572. The lowest BCUT2D eigenvalue weighted by Crippen LogP contribution is -1.83. The molecule has 0 fully saturated rings. The van der Waals surface area contributed by atoms with Crippen molar-refractivity contribution >= 4 is 22.9 Å². The zero-order valence-electron chi connectivity index (χ0n) is 10.2. The van der Waals surface area contributed by atoms with E-state index in [-0.39, 0.29) is 0 Å². The van der Waals surface area contributed by atoms with Crippen molar-refractivity contribution in [3.63, 3.8) is 0 Å². The number of halogens is 1. The number of methoxy groups -OCH3 is 1. The predicted octanol–water partition coefficient (Wildman–Crippen LogP) is 5.20. The van der Waals surface area contributed by atoms with Crippen LogP contribution in [0.5, 0.6) is 5.75 Å². The monoisotopic (exact) mass is 266 g/mol. The average Bonchev–Trinajstić information content (AvgIpc) is 2.78. The highest BCUT2D eigenvalue weighted by Gasteiger charge is 2.08. The SMILES string of the molecule is COc1ccc(-c2ccc(C(C)C)s2)cc1Cl. The van der Waals surface area contributed by atoms with Crippen LogP contribution in [0.25, 0.3) is 10.4 Å². The first-order valence-corrected chi connectivity index (χ1v) is 6.75. The zero-order valence-corrected chi connectivity index (χ0v) is 11.7. The van der Waals surface area contributed by atoms with Gasteiger partial charge in [-0.1, -0.05) is 25.4 Å². The average molecular weight is 267 g/mol. The molecule has 0 bridgehead atoms. The van der Waals surface area contributed by atoms with Crippen LogP contribution in [0.1, 0.15) is 24.6 Å². The first-order chi connectivity index (χ1) is 8.11. The van der Waals surface area contributed by atoms with Crippen LogP contribution >= 0.6 is 22.9 Å². The Kier molecular flexibility index (Phi) is 3.75. The summed E-state index contributed by atoms with van der Waals surface area (Å²) in [5, 5.41) is 0.657. The van der Waals surface area contributed by atoms with Crippen molar-refractivity contribution in [3.8, 4) is 16.2 Å². The van der Waals surface area contributed by atoms with Gasteiger partial charge in [-0.05, 0) is 41.8 Å². The fourth-order valence-electron chi connectivity index (χ4n) is 1.64. The Labute approximate surface area is 111 Å². The van der Waals surface area contributed by atoms with E-state index < -0.39 is 0 Å². The molecule has 0 radical (unpaired) electrons. The van der Waals surface area contributed by atoms with Crippen molar-refractivity contribution in [2.24, 2.45) is 0 Å². The highest BCUT2D eigenvalue weighted by Crippen LogP contribution is 2.35. The van der Waals surface area contributed by atoms with E-state index in [1.165, 1.54) is 9.75 Å². The van der Waals surface area contributed by atoms with E-state index in [0.29, 0.717) is 10.9 Å². The highest BCUT2D eigenvalue weighted by molar-refractivity contribution is 7.15. The molecule has 1 aromatic carbocycles. The molecule has 2 rings (SSSR count). The predicted molar refractivity (Wildman–Crippen MR) is 75.4 cm³/mol. The Hall–Kier alpha value is -0.990. The largest absolute Gasteiger partial charge is 0.495 e. The molecule has 17 heavy (non-hydrogen) atoms. The molecule has 1 aromatic heterocycles. The maximum Gasteiger partial charge on any atom is 0.137 e. The van der Waals surface area contributed by atoms with Gasteiger partial charge in [-0.2, -0.15) is 0 Å². The molecule has 90 valence electrons. The lowest BCUT2D eigenvalue weighted by atomic mass is 10.1. The second-order valence-corrected chi connectivity index (χ2v) is 5.73. The Morgan fingerprint density at radius 3 is 2.47 bits per heavy atom. The molecular weight excluding hydrogens is 252 g/mol. The number of rotatable bonds is 3. The Morgan fingerprint density at radius 1 is 1.18 bits per heavy atom. The lowest BCUT2D eigenvalue weighted by molar-refractivity contribution is 0.415. The highest BCUT2D eigenvalue weighted by atomic mass is 35.5. The molecule has 0 N–H and O–H groups in total. The maximum absolute atomic E-state index is 6.13. The second kappa shape index (κ2) is 5.11. The Morgan fingerprint density at radius 2 is 1.94 bits per heavy atom. The molecule has 0 atom stereocenters. The van der Waals surface area contributed by atoms with Gasteiger partial charge in [0, 0.05) is 9.75 Å². The topological polar surface area (TPSA) is 9.23 Å².